The van der Waals surface area contributed by atoms with Gasteiger partial charge in [-0.25, -0.2) is 0 Å². The highest BCUT2D eigenvalue weighted by Gasteiger charge is 2.39. The average molecular weight is 516 g/mol. The number of thioether (sulfide) groups is 1. The van der Waals surface area contributed by atoms with Crippen LogP contribution in [0.5, 0.6) is 0 Å². The van der Waals surface area contributed by atoms with Crippen LogP contribution < -0.4 is 5.32 Å². The second-order valence-electron chi connectivity index (χ2n) is 10.8. The fraction of sp³-hybridized carbons (Fsp3) is 0.690. The molecule has 1 saturated heterocycles. The van der Waals surface area contributed by atoms with Crippen molar-refractivity contribution in [3.8, 4) is 0 Å². The number of amides is 3. The fourth-order valence-corrected chi connectivity index (χ4v) is 6.54. The molecular formula is C29H45N3O3S. The molecule has 2 aliphatic heterocycles. The molecule has 1 aromatic carbocycles. The number of carbonyl (C=O) groups is 3. The Labute approximate surface area is 221 Å². The number of unbranched alkanes of at least 4 members (excludes halogenated alkanes) is 7. The van der Waals surface area contributed by atoms with Crippen molar-refractivity contribution in [2.24, 2.45) is 0 Å². The topological polar surface area (TPSA) is 69.7 Å². The predicted molar refractivity (Wildman–Crippen MR) is 147 cm³/mol. The molecule has 0 aliphatic carbocycles. The summed E-state index contributed by atoms with van der Waals surface area (Å²) in [4.78, 5) is 42.1. The van der Waals surface area contributed by atoms with Gasteiger partial charge in [0.2, 0.25) is 11.8 Å². The molecular weight excluding hydrogens is 470 g/mol. The predicted octanol–water partition coefficient (Wildman–Crippen LogP) is 5.78. The van der Waals surface area contributed by atoms with Gasteiger partial charge in [-0.1, -0.05) is 44.6 Å². The molecule has 0 radical (unpaired) electrons. The van der Waals surface area contributed by atoms with E-state index in [0.29, 0.717) is 30.6 Å². The van der Waals surface area contributed by atoms with Crippen LogP contribution in [-0.2, 0) is 16.1 Å². The van der Waals surface area contributed by atoms with E-state index in [1.165, 1.54) is 57.9 Å². The van der Waals surface area contributed by atoms with Crippen LogP contribution in [-0.4, -0.2) is 57.9 Å². The van der Waals surface area contributed by atoms with Crippen molar-refractivity contribution in [3.05, 3.63) is 29.3 Å². The summed E-state index contributed by atoms with van der Waals surface area (Å²) in [5.74, 6) is 0.345. The molecule has 3 amide bonds. The van der Waals surface area contributed by atoms with Gasteiger partial charge >= 0.3 is 0 Å². The van der Waals surface area contributed by atoms with Crippen LogP contribution in [0, 0.1) is 0 Å². The number of nitrogens with one attached hydrogen (secondary N) is 1. The lowest BCUT2D eigenvalue weighted by Crippen LogP contribution is -2.52. The minimum atomic E-state index is -0.551. The number of carbonyl (C=O) groups excluding carboxylic acids is 3. The van der Waals surface area contributed by atoms with Gasteiger partial charge in [0.15, 0.2) is 0 Å². The number of piperidine rings is 1. The van der Waals surface area contributed by atoms with Crippen LogP contribution >= 0.6 is 11.8 Å². The Morgan fingerprint density at radius 3 is 2.22 bits per heavy atom. The van der Waals surface area contributed by atoms with Crippen LogP contribution in [0.15, 0.2) is 23.1 Å². The van der Waals surface area contributed by atoms with Crippen molar-refractivity contribution in [1.82, 2.24) is 15.1 Å². The number of rotatable bonds is 15. The zero-order valence-electron chi connectivity index (χ0n) is 22.7. The molecule has 6 nitrogen and oxygen atoms in total. The lowest BCUT2D eigenvalue weighted by Gasteiger charge is -2.30. The molecule has 1 unspecified atom stereocenters. The van der Waals surface area contributed by atoms with Gasteiger partial charge in [0, 0.05) is 35.5 Å². The molecule has 7 heteroatoms. The summed E-state index contributed by atoms with van der Waals surface area (Å²) in [5.41, 5.74) is 1.74. The van der Waals surface area contributed by atoms with E-state index in [0.717, 1.165) is 16.2 Å². The summed E-state index contributed by atoms with van der Waals surface area (Å²) >= 11 is 1.82. The Kier molecular flexibility index (Phi) is 11.3. The first-order valence-corrected chi connectivity index (χ1v) is 14.9. The highest BCUT2D eigenvalue weighted by Crippen LogP contribution is 2.34. The molecule has 2 aliphatic rings. The quantitative estimate of drug-likeness (QED) is 0.182. The first-order chi connectivity index (χ1) is 17.3. The molecule has 1 fully saturated rings. The van der Waals surface area contributed by atoms with E-state index < -0.39 is 6.04 Å². The maximum absolute atomic E-state index is 13.0. The van der Waals surface area contributed by atoms with E-state index >= 15 is 0 Å². The molecule has 36 heavy (non-hydrogen) atoms. The Morgan fingerprint density at radius 1 is 0.944 bits per heavy atom. The first kappa shape index (κ1) is 28.7. The zero-order valence-corrected chi connectivity index (χ0v) is 23.5. The van der Waals surface area contributed by atoms with Crippen molar-refractivity contribution >= 4 is 29.5 Å². The van der Waals surface area contributed by atoms with E-state index in [9.17, 15) is 14.4 Å². The number of benzene rings is 1. The minimum Gasteiger partial charge on any atom is -0.322 e. The van der Waals surface area contributed by atoms with E-state index in [1.54, 1.807) is 4.90 Å². The van der Waals surface area contributed by atoms with Crippen molar-refractivity contribution in [2.45, 2.75) is 121 Å². The lowest BCUT2D eigenvalue weighted by atomic mass is 10.0. The maximum Gasteiger partial charge on any atom is 0.255 e. The van der Waals surface area contributed by atoms with Gasteiger partial charge in [-0.15, -0.1) is 11.8 Å². The largest absolute Gasteiger partial charge is 0.322 e. The molecule has 200 valence electrons. The van der Waals surface area contributed by atoms with E-state index in [-0.39, 0.29) is 24.1 Å². The minimum absolute atomic E-state index is 0.0944. The SMILES string of the molecule is CC(C)N(CCCCCCCCCCSc1cccc2c1CN(C1CCC(=O)NC1=O)C2=O)C(C)C. The number of imide groups is 1. The number of hydrogen-bond acceptors (Lipinski definition) is 5. The second-order valence-corrected chi connectivity index (χ2v) is 11.9. The molecule has 0 spiro atoms. The molecule has 3 rings (SSSR count). The maximum atomic E-state index is 13.0. The van der Waals surface area contributed by atoms with Gasteiger partial charge in [0.25, 0.3) is 5.91 Å². The Bertz CT molecular complexity index is 894. The van der Waals surface area contributed by atoms with Crippen molar-refractivity contribution < 1.29 is 14.4 Å². The third-order valence-electron chi connectivity index (χ3n) is 7.43. The molecule has 1 N–H and O–H groups in total. The fourth-order valence-electron chi connectivity index (χ4n) is 5.44. The Morgan fingerprint density at radius 2 is 1.58 bits per heavy atom. The third-order valence-corrected chi connectivity index (χ3v) is 8.62. The van der Waals surface area contributed by atoms with E-state index in [2.05, 4.69) is 44.0 Å². The van der Waals surface area contributed by atoms with Gasteiger partial charge in [0.05, 0.1) is 0 Å². The summed E-state index contributed by atoms with van der Waals surface area (Å²) in [5, 5.41) is 2.37. The highest BCUT2D eigenvalue weighted by molar-refractivity contribution is 7.99. The van der Waals surface area contributed by atoms with E-state index in [1.807, 2.05) is 23.9 Å². The summed E-state index contributed by atoms with van der Waals surface area (Å²) in [6, 6.07) is 6.59. The van der Waals surface area contributed by atoms with Crippen molar-refractivity contribution in [2.75, 3.05) is 12.3 Å². The molecule has 0 saturated carbocycles. The lowest BCUT2D eigenvalue weighted by molar-refractivity contribution is -0.136. The summed E-state index contributed by atoms with van der Waals surface area (Å²) in [7, 11) is 0. The van der Waals surface area contributed by atoms with Crippen LogP contribution in [0.3, 0.4) is 0 Å². The molecule has 0 aromatic heterocycles. The summed E-state index contributed by atoms with van der Waals surface area (Å²) < 4.78 is 0. The second kappa shape index (κ2) is 14.2. The number of hydrogen-bond donors (Lipinski definition) is 1. The third kappa shape index (κ3) is 7.82. The van der Waals surface area contributed by atoms with Crippen LogP contribution in [0.25, 0.3) is 0 Å². The van der Waals surface area contributed by atoms with E-state index in [4.69, 9.17) is 0 Å². The highest BCUT2D eigenvalue weighted by atomic mass is 32.2. The first-order valence-electron chi connectivity index (χ1n) is 13.9. The number of fused-ring (bicyclic) bond motifs is 1. The summed E-state index contributed by atoms with van der Waals surface area (Å²) in [6.07, 6.45) is 11.0. The van der Waals surface area contributed by atoms with Crippen molar-refractivity contribution in [1.29, 1.82) is 0 Å². The zero-order chi connectivity index (χ0) is 26.1. The molecule has 2 heterocycles. The van der Waals surface area contributed by atoms with Gasteiger partial charge < -0.3 is 4.90 Å². The monoisotopic (exact) mass is 515 g/mol. The van der Waals surface area contributed by atoms with Gasteiger partial charge in [-0.3, -0.25) is 24.6 Å². The van der Waals surface area contributed by atoms with Crippen molar-refractivity contribution in [3.63, 3.8) is 0 Å². The molecule has 1 atom stereocenters. The van der Waals surface area contributed by atoms with Gasteiger partial charge in [-0.2, -0.15) is 0 Å². The van der Waals surface area contributed by atoms with Crippen LogP contribution in [0.2, 0.25) is 0 Å². The summed E-state index contributed by atoms with van der Waals surface area (Å²) in [6.45, 7) is 10.8. The molecule has 1 aromatic rings. The average Bonchev–Trinajstić information content (AvgIpc) is 3.16. The van der Waals surface area contributed by atoms with Gasteiger partial charge in [-0.05, 0) is 77.0 Å². The normalized spacial score (nSPS) is 18.0. The molecule has 0 bridgehead atoms. The Hall–Kier alpha value is -1.86. The van der Waals surface area contributed by atoms with Gasteiger partial charge in [0.1, 0.15) is 6.04 Å². The standard InChI is InChI=1S/C29H45N3O3S/c1-21(2)31(22(3)4)18-11-9-7-5-6-8-10-12-19-36-26-15-13-14-23-24(26)20-32(29(23)35)25-16-17-27(33)30-28(25)34/h13-15,21-22,25H,5-12,16-20H2,1-4H3,(H,30,33,34). The Balaban J connectivity index is 1.31. The smallest absolute Gasteiger partial charge is 0.255 e. The van der Waals surface area contributed by atoms with Crippen LogP contribution in [0.4, 0.5) is 0 Å². The van der Waals surface area contributed by atoms with Crippen LogP contribution in [0.1, 0.15) is 108 Å². The number of nitrogens with zero attached hydrogens (tertiary/aromatic N) is 2.